The molecular weight excluding hydrogens is 1070 g/mol. The van der Waals surface area contributed by atoms with Crippen LogP contribution in [0.15, 0.2) is 144 Å². The summed E-state index contributed by atoms with van der Waals surface area (Å²) >= 11 is 0. The van der Waals surface area contributed by atoms with Gasteiger partial charge in [0, 0.05) is 35.5 Å². The van der Waals surface area contributed by atoms with Gasteiger partial charge in [-0.1, -0.05) is 216 Å². The van der Waals surface area contributed by atoms with E-state index < -0.39 is 28.2 Å². The van der Waals surface area contributed by atoms with Gasteiger partial charge < -0.3 is 27.8 Å². The highest BCUT2D eigenvalue weighted by atomic mass is 28.4. The Kier molecular flexibility index (Phi) is 14.5. The Labute approximate surface area is 504 Å². The normalized spacial score (nSPS) is 35.8. The lowest BCUT2D eigenvalue weighted by Gasteiger charge is -2.62. The lowest BCUT2D eigenvalue weighted by atomic mass is 9.48. The van der Waals surface area contributed by atoms with Crippen molar-refractivity contribution in [1.29, 1.82) is 0 Å². The molecule has 10 heteroatoms. The Balaban J connectivity index is 0.000000157. The predicted octanol–water partition coefficient (Wildman–Crippen LogP) is 13.6. The zero-order chi connectivity index (χ0) is 59.1. The van der Waals surface area contributed by atoms with Gasteiger partial charge in [0.2, 0.25) is 0 Å². The van der Waals surface area contributed by atoms with Gasteiger partial charge in [-0.15, -0.1) is 0 Å². The van der Waals surface area contributed by atoms with Crippen LogP contribution in [0.4, 0.5) is 0 Å². The van der Waals surface area contributed by atoms with Crippen molar-refractivity contribution in [3.8, 4) is 0 Å². The Morgan fingerprint density at radius 1 is 0.440 bits per heavy atom. The third-order valence-electron chi connectivity index (χ3n) is 24.2. The molecule has 0 amide bonds. The third-order valence-corrected chi connectivity index (χ3v) is 34.3. The van der Waals surface area contributed by atoms with Crippen molar-refractivity contribution in [3.05, 3.63) is 144 Å². The molecular formula is C74H96O8Si2. The van der Waals surface area contributed by atoms with Crippen LogP contribution in [0.3, 0.4) is 0 Å². The molecule has 0 aromatic heterocycles. The van der Waals surface area contributed by atoms with Gasteiger partial charge in [-0.2, -0.15) is 0 Å². The first-order valence-corrected chi connectivity index (χ1v) is 36.5. The second kappa shape index (κ2) is 20.7. The van der Waals surface area contributed by atoms with E-state index in [0.717, 1.165) is 64.2 Å². The SMILES string of the molecule is C[C@@H]1[C@H]2CC[C@]3(C)C2=C2[C@@H](C(=O)CC[C@]2(C)C[C@H]3O[Si](c2ccccc2)(c2ccccc2)C(C)(C)C)C12OCCCO2.C[C@H]1[C@@H]2CC[C@@]3(C)C2=C2[C@H](C(=O)CC[C@@]2(C)C[C@@H]3O[Si](c2ccccc2)(c2ccccc2)C(C)(C)C)C12OCCCO2. The van der Waals surface area contributed by atoms with Crippen molar-refractivity contribution >= 4 is 48.9 Å². The van der Waals surface area contributed by atoms with Gasteiger partial charge in [0.15, 0.2) is 11.6 Å². The van der Waals surface area contributed by atoms with E-state index in [9.17, 15) is 9.59 Å². The van der Waals surface area contributed by atoms with Crippen LogP contribution in [0, 0.1) is 57.2 Å². The van der Waals surface area contributed by atoms with E-state index in [0.29, 0.717) is 62.7 Å². The van der Waals surface area contributed by atoms with Crippen molar-refractivity contribution in [3.63, 3.8) is 0 Å². The number of hydrogen-bond acceptors (Lipinski definition) is 8. The number of rotatable bonds is 8. The molecule has 4 aromatic carbocycles. The van der Waals surface area contributed by atoms with Crippen molar-refractivity contribution in [2.75, 3.05) is 26.4 Å². The average molecular weight is 1170 g/mol. The van der Waals surface area contributed by atoms with E-state index in [1.807, 2.05) is 0 Å². The van der Waals surface area contributed by atoms with Crippen LogP contribution >= 0.6 is 0 Å². The van der Waals surface area contributed by atoms with Crippen LogP contribution in [0.1, 0.15) is 160 Å². The minimum Gasteiger partial charge on any atom is -0.404 e. The monoisotopic (exact) mass is 1170 g/mol. The molecule has 84 heavy (non-hydrogen) atoms. The molecule has 448 valence electrons. The number of benzene rings is 4. The standard InChI is InChI=1S/2C37H48O4Si/c2*1-25-28-18-21-36(6)30(41-42(34(2,3)4,26-14-9-7-10-15-26)27-16-11-8-12-17-27)24-35(5)20-19-29(38)32(33(35)31(28)36)37(25)39-22-13-23-40-37/h2*7-12,14-17,25,28,30,32H,13,18-24H2,1-6H3/t2*25-,28-,30-,32-,35-,36+/m10/s1. The highest BCUT2D eigenvalue weighted by Gasteiger charge is 2.72. The van der Waals surface area contributed by atoms with Crippen molar-refractivity contribution < 1.29 is 37.4 Å². The van der Waals surface area contributed by atoms with E-state index in [-0.39, 0.29) is 67.6 Å². The summed E-state index contributed by atoms with van der Waals surface area (Å²) in [5.74, 6) is -0.555. The van der Waals surface area contributed by atoms with Crippen molar-refractivity contribution in [2.24, 2.45) is 57.2 Å². The smallest absolute Gasteiger partial charge is 0.261 e. The van der Waals surface area contributed by atoms with Crippen LogP contribution in [-0.2, 0) is 37.4 Å². The summed E-state index contributed by atoms with van der Waals surface area (Å²) in [7, 11) is -5.52. The molecule has 12 atom stereocenters. The number of Topliss-reactive ketones (excluding diaryl/α,β-unsaturated/α-hetero) is 2. The summed E-state index contributed by atoms with van der Waals surface area (Å²) in [6.45, 7) is 31.4. The van der Waals surface area contributed by atoms with Crippen LogP contribution in [0.2, 0.25) is 10.1 Å². The molecule has 0 unspecified atom stereocenters. The molecule has 0 radical (unpaired) electrons. The van der Waals surface area contributed by atoms with E-state index in [1.54, 1.807) is 0 Å². The predicted molar refractivity (Wildman–Crippen MR) is 338 cm³/mol. The number of ketones is 2. The maximum absolute atomic E-state index is 14.0. The molecule has 4 aromatic rings. The quantitative estimate of drug-likeness (QED) is 0.127. The van der Waals surface area contributed by atoms with E-state index >= 15 is 0 Å². The zero-order valence-corrected chi connectivity index (χ0v) is 54.7. The zero-order valence-electron chi connectivity index (χ0n) is 52.7. The van der Waals surface area contributed by atoms with E-state index in [4.69, 9.17) is 27.8 Å². The second-order valence-electron chi connectivity index (χ2n) is 30.8. The number of carbonyl (C=O) groups excluding carboxylic acids is 2. The molecule has 2 aliphatic heterocycles. The van der Waals surface area contributed by atoms with Gasteiger partial charge in [0.1, 0.15) is 11.6 Å². The number of carbonyl (C=O) groups is 2. The van der Waals surface area contributed by atoms with Crippen LogP contribution in [0.25, 0.3) is 0 Å². The second-order valence-corrected chi connectivity index (χ2v) is 39.3. The average Bonchev–Trinajstić information content (AvgIpc) is 1.31. The highest BCUT2D eigenvalue weighted by molar-refractivity contribution is 7.00. The topological polar surface area (TPSA) is 89.5 Å². The molecule has 6 fully saturated rings. The summed E-state index contributed by atoms with van der Waals surface area (Å²) < 4.78 is 42.5. The molecule has 2 spiro atoms. The molecule has 0 N–H and O–H groups in total. The third kappa shape index (κ3) is 8.42. The van der Waals surface area contributed by atoms with Crippen LogP contribution < -0.4 is 20.7 Å². The molecule has 10 aliphatic rings. The van der Waals surface area contributed by atoms with Gasteiger partial charge in [0.25, 0.3) is 16.6 Å². The molecule has 14 rings (SSSR count). The highest BCUT2D eigenvalue weighted by Crippen LogP contribution is 2.72. The van der Waals surface area contributed by atoms with Crippen LogP contribution in [-0.4, -0.2) is 78.4 Å². The van der Waals surface area contributed by atoms with Crippen LogP contribution in [0.5, 0.6) is 0 Å². The summed E-state index contributed by atoms with van der Waals surface area (Å²) in [5.41, 5.74) is 5.38. The van der Waals surface area contributed by atoms with Gasteiger partial charge in [-0.05, 0) is 129 Å². The first-order chi connectivity index (χ1) is 40.0. The van der Waals surface area contributed by atoms with Crippen molar-refractivity contribution in [2.45, 2.75) is 194 Å². The summed E-state index contributed by atoms with van der Waals surface area (Å²) in [5, 5.41) is 5.18. The van der Waals surface area contributed by atoms with Gasteiger partial charge in [-0.3, -0.25) is 9.59 Å². The van der Waals surface area contributed by atoms with Gasteiger partial charge in [0.05, 0.1) is 50.5 Å². The minimum atomic E-state index is -2.76. The van der Waals surface area contributed by atoms with Crippen molar-refractivity contribution in [1.82, 2.24) is 0 Å². The first kappa shape index (κ1) is 58.9. The molecule has 0 bridgehead atoms. The lowest BCUT2D eigenvalue weighted by molar-refractivity contribution is -0.320. The maximum Gasteiger partial charge on any atom is 0.261 e. The van der Waals surface area contributed by atoms with E-state index in [2.05, 4.69) is 204 Å². The fourth-order valence-corrected chi connectivity index (χ4v) is 29.7. The fourth-order valence-electron chi connectivity index (χ4n) is 20.1. The molecule has 8 aliphatic carbocycles. The Morgan fingerprint density at radius 2 is 0.738 bits per heavy atom. The Morgan fingerprint density at radius 3 is 1.02 bits per heavy atom. The number of fused-ring (bicyclic) bond motifs is 2. The minimum absolute atomic E-state index is 0.0702. The molecule has 2 saturated heterocycles. The Bertz CT molecular complexity index is 2910. The summed E-state index contributed by atoms with van der Waals surface area (Å²) in [4.78, 5) is 27.9. The summed E-state index contributed by atoms with van der Waals surface area (Å²) in [6.07, 6.45) is 11.1. The first-order valence-electron chi connectivity index (χ1n) is 32.6. The van der Waals surface area contributed by atoms with E-state index in [1.165, 1.54) is 43.0 Å². The maximum atomic E-state index is 14.0. The summed E-state index contributed by atoms with van der Waals surface area (Å²) in [6, 6.07) is 44.3. The molecule has 2 heterocycles. The fraction of sp³-hybridized carbons (Fsp3) is 0.595. The van der Waals surface area contributed by atoms with Gasteiger partial charge in [-0.25, -0.2) is 0 Å². The number of hydrogen-bond donors (Lipinski definition) is 0. The lowest BCUT2D eigenvalue weighted by Crippen LogP contribution is -2.70. The molecule has 4 saturated carbocycles. The Hall–Kier alpha value is -4.11. The number of ether oxygens (including phenoxy) is 4. The van der Waals surface area contributed by atoms with Gasteiger partial charge >= 0.3 is 0 Å². The molecule has 8 nitrogen and oxygen atoms in total. The largest absolute Gasteiger partial charge is 0.404 e.